The lowest BCUT2D eigenvalue weighted by Crippen LogP contribution is -2.32. The molecule has 0 radical (unpaired) electrons. The van der Waals surface area contributed by atoms with Crippen LogP contribution in [0.25, 0.3) is 0 Å². The van der Waals surface area contributed by atoms with E-state index < -0.39 is 47.3 Å². The first kappa shape index (κ1) is 24.1. The van der Waals surface area contributed by atoms with Crippen molar-refractivity contribution in [2.45, 2.75) is 38.3 Å². The zero-order valence-electron chi connectivity index (χ0n) is 17.0. The molecule has 172 valence electrons. The number of rotatable bonds is 6. The van der Waals surface area contributed by atoms with Gasteiger partial charge in [0.15, 0.2) is 11.7 Å². The molecular weight excluding hydrogens is 470 g/mol. The summed E-state index contributed by atoms with van der Waals surface area (Å²) in [5, 5.41) is 15.5. The fraction of sp³-hybridized carbons (Fsp3) is 0.300. The molecular formula is C20H14ClF4N5O3. The zero-order valence-corrected chi connectivity index (χ0v) is 17.8. The van der Waals surface area contributed by atoms with E-state index in [1.54, 1.807) is 6.07 Å². The number of hydrogen-bond acceptors (Lipinski definition) is 6. The van der Waals surface area contributed by atoms with Gasteiger partial charge in [0.25, 0.3) is 23.3 Å². The summed E-state index contributed by atoms with van der Waals surface area (Å²) in [6, 6.07) is 3.72. The Hall–Kier alpha value is -3.59. The number of hydrogen-bond donors (Lipinski definition) is 0. The molecule has 1 aromatic carbocycles. The van der Waals surface area contributed by atoms with Crippen molar-refractivity contribution in [2.75, 3.05) is 0 Å². The summed E-state index contributed by atoms with van der Waals surface area (Å²) >= 11 is 5.89. The van der Waals surface area contributed by atoms with Gasteiger partial charge in [0, 0.05) is 24.4 Å². The van der Waals surface area contributed by atoms with Gasteiger partial charge in [-0.3, -0.25) is 14.2 Å². The Labute approximate surface area is 188 Å². The molecule has 2 aromatic rings. The molecule has 0 N–H and O–H groups in total. The van der Waals surface area contributed by atoms with Gasteiger partial charge in [-0.05, 0) is 24.3 Å². The first-order valence-corrected chi connectivity index (χ1v) is 9.57. The SMILES string of the molecule is CC(F)(F)c1ncn(CC2=CC(C(C)(F)F)N=NC2=O)c(=O)c1Oc1cc(Cl)cc(C#N)c1. The first-order valence-electron chi connectivity index (χ1n) is 9.19. The molecule has 1 aliphatic heterocycles. The van der Waals surface area contributed by atoms with Gasteiger partial charge in [-0.15, -0.1) is 5.11 Å². The van der Waals surface area contributed by atoms with E-state index in [0.29, 0.717) is 13.8 Å². The second-order valence-corrected chi connectivity index (χ2v) is 7.68. The molecule has 1 aromatic heterocycles. The Morgan fingerprint density at radius 2 is 1.91 bits per heavy atom. The summed E-state index contributed by atoms with van der Waals surface area (Å²) in [7, 11) is 0. The third-order valence-electron chi connectivity index (χ3n) is 4.40. The van der Waals surface area contributed by atoms with Crippen molar-refractivity contribution in [1.29, 1.82) is 5.26 Å². The van der Waals surface area contributed by atoms with E-state index in [1.165, 1.54) is 18.2 Å². The van der Waals surface area contributed by atoms with Crippen LogP contribution in [0.4, 0.5) is 17.6 Å². The Morgan fingerprint density at radius 1 is 1.21 bits per heavy atom. The zero-order chi connectivity index (χ0) is 24.6. The molecule has 0 saturated heterocycles. The van der Waals surface area contributed by atoms with Crippen LogP contribution in [0.15, 0.2) is 51.2 Å². The summed E-state index contributed by atoms with van der Waals surface area (Å²) < 4.78 is 61.5. The Bertz CT molecular complexity index is 1270. The topological polar surface area (TPSA) is 110 Å². The van der Waals surface area contributed by atoms with E-state index >= 15 is 0 Å². The highest BCUT2D eigenvalue weighted by Gasteiger charge is 2.37. The maximum atomic E-state index is 14.1. The van der Waals surface area contributed by atoms with Crippen LogP contribution in [0.3, 0.4) is 0 Å². The van der Waals surface area contributed by atoms with E-state index in [2.05, 4.69) is 15.2 Å². The van der Waals surface area contributed by atoms with E-state index in [1.807, 2.05) is 0 Å². The van der Waals surface area contributed by atoms with Crippen LogP contribution < -0.4 is 10.3 Å². The molecule has 8 nitrogen and oxygen atoms in total. The maximum Gasteiger partial charge on any atom is 0.297 e. The second-order valence-electron chi connectivity index (χ2n) is 7.25. The largest absolute Gasteiger partial charge is 0.449 e. The van der Waals surface area contributed by atoms with Gasteiger partial charge in [-0.1, -0.05) is 11.6 Å². The first-order chi connectivity index (χ1) is 15.3. The van der Waals surface area contributed by atoms with Crippen LogP contribution >= 0.6 is 11.6 Å². The summed E-state index contributed by atoms with van der Waals surface area (Å²) in [6.45, 7) is 0.478. The fourth-order valence-corrected chi connectivity index (χ4v) is 3.04. The van der Waals surface area contributed by atoms with Crippen molar-refractivity contribution in [3.8, 4) is 17.6 Å². The molecule has 1 aliphatic rings. The van der Waals surface area contributed by atoms with Crippen LogP contribution in [-0.4, -0.2) is 27.4 Å². The number of azo groups is 1. The predicted molar refractivity (Wildman–Crippen MR) is 107 cm³/mol. The predicted octanol–water partition coefficient (Wildman–Crippen LogP) is 4.61. The molecule has 2 heterocycles. The number of nitriles is 1. The number of halogens is 5. The van der Waals surface area contributed by atoms with Crippen molar-refractivity contribution in [2.24, 2.45) is 10.2 Å². The molecule has 0 saturated carbocycles. The number of carbonyl (C=O) groups is 1. The minimum Gasteiger partial charge on any atom is -0.449 e. The van der Waals surface area contributed by atoms with Gasteiger partial charge in [-0.25, -0.2) is 13.8 Å². The fourth-order valence-electron chi connectivity index (χ4n) is 2.82. The Balaban J connectivity index is 2.07. The third-order valence-corrected chi connectivity index (χ3v) is 4.62. The molecule has 33 heavy (non-hydrogen) atoms. The van der Waals surface area contributed by atoms with Gasteiger partial charge < -0.3 is 4.74 Å². The number of carbonyl (C=O) groups excluding carboxylic acids is 1. The van der Waals surface area contributed by atoms with Gasteiger partial charge in [0.1, 0.15) is 5.75 Å². The quantitative estimate of drug-likeness (QED) is 0.557. The minimum absolute atomic E-state index is 0.0429. The van der Waals surface area contributed by atoms with Crippen molar-refractivity contribution >= 4 is 17.5 Å². The number of ether oxygens (including phenoxy) is 1. The molecule has 3 rings (SSSR count). The van der Waals surface area contributed by atoms with Crippen molar-refractivity contribution < 1.29 is 27.1 Å². The highest BCUT2D eigenvalue weighted by Crippen LogP contribution is 2.34. The number of aromatic nitrogens is 2. The second kappa shape index (κ2) is 8.74. The number of amides is 1. The van der Waals surface area contributed by atoms with Gasteiger partial charge in [0.2, 0.25) is 5.75 Å². The van der Waals surface area contributed by atoms with E-state index in [-0.39, 0.29) is 21.9 Å². The molecule has 1 unspecified atom stereocenters. The lowest BCUT2D eigenvalue weighted by molar-refractivity contribution is -0.115. The minimum atomic E-state index is -3.60. The summed E-state index contributed by atoms with van der Waals surface area (Å²) in [6.07, 6.45) is 1.58. The molecule has 0 bridgehead atoms. The van der Waals surface area contributed by atoms with Crippen LogP contribution in [-0.2, 0) is 17.3 Å². The van der Waals surface area contributed by atoms with Crippen molar-refractivity contribution in [1.82, 2.24) is 9.55 Å². The van der Waals surface area contributed by atoms with Crippen LogP contribution in [0.1, 0.15) is 25.1 Å². The molecule has 0 aliphatic carbocycles. The Morgan fingerprint density at radius 3 is 2.52 bits per heavy atom. The van der Waals surface area contributed by atoms with Crippen molar-refractivity contribution in [3.63, 3.8) is 0 Å². The number of nitrogens with zero attached hydrogens (tertiary/aromatic N) is 5. The van der Waals surface area contributed by atoms with E-state index in [9.17, 15) is 27.2 Å². The van der Waals surface area contributed by atoms with Crippen LogP contribution in [0, 0.1) is 11.3 Å². The van der Waals surface area contributed by atoms with E-state index in [0.717, 1.165) is 17.0 Å². The van der Waals surface area contributed by atoms with Crippen molar-refractivity contribution in [3.05, 3.63) is 62.8 Å². The van der Waals surface area contributed by atoms with Gasteiger partial charge >= 0.3 is 0 Å². The maximum absolute atomic E-state index is 14.1. The average molecular weight is 484 g/mol. The monoisotopic (exact) mass is 483 g/mol. The number of alkyl halides is 4. The molecule has 13 heteroatoms. The van der Waals surface area contributed by atoms with E-state index in [4.69, 9.17) is 21.6 Å². The highest BCUT2D eigenvalue weighted by molar-refractivity contribution is 6.30. The third kappa shape index (κ3) is 5.43. The van der Waals surface area contributed by atoms with Crippen LogP contribution in [0.5, 0.6) is 11.5 Å². The van der Waals surface area contributed by atoms with Crippen LogP contribution in [0.2, 0.25) is 5.02 Å². The smallest absolute Gasteiger partial charge is 0.297 e. The summed E-state index contributed by atoms with van der Waals surface area (Å²) in [5.74, 6) is -8.98. The van der Waals surface area contributed by atoms with Gasteiger partial charge in [-0.2, -0.15) is 19.2 Å². The standard InChI is InChI=1S/C20H14ClF4N5O3/c1-19(22,23)14-5-11(17(31)29-28-14)8-30-9-27-16(20(2,24)25)15(18(30)32)33-13-4-10(7-26)3-12(21)6-13/h3-6,9,14H,8H2,1-2H3. The molecule has 1 amide bonds. The Kier molecular flexibility index (Phi) is 6.37. The molecule has 1 atom stereocenters. The van der Waals surface area contributed by atoms with Gasteiger partial charge in [0.05, 0.1) is 24.5 Å². The lowest BCUT2D eigenvalue weighted by atomic mass is 10.1. The normalized spacial score (nSPS) is 16.4. The molecule has 0 spiro atoms. The lowest BCUT2D eigenvalue weighted by Gasteiger charge is -2.20. The summed E-state index contributed by atoms with van der Waals surface area (Å²) in [4.78, 5) is 28.5. The summed E-state index contributed by atoms with van der Waals surface area (Å²) in [5.41, 5.74) is -2.40. The number of benzene rings is 1. The highest BCUT2D eigenvalue weighted by atomic mass is 35.5. The average Bonchev–Trinajstić information content (AvgIpc) is 2.70. The molecule has 0 fully saturated rings.